The van der Waals surface area contributed by atoms with Gasteiger partial charge in [0.1, 0.15) is 12.4 Å². The lowest BCUT2D eigenvalue weighted by Crippen LogP contribution is -2.42. The number of nitriles is 1. The zero-order valence-electron chi connectivity index (χ0n) is 15.8. The molecule has 0 radical (unpaired) electrons. The molecule has 1 aromatic heterocycles. The molecule has 0 saturated carbocycles. The number of rotatable bonds is 4. The van der Waals surface area contributed by atoms with Crippen LogP contribution in [0.4, 0.5) is 4.39 Å². The van der Waals surface area contributed by atoms with Gasteiger partial charge in [0.15, 0.2) is 0 Å². The van der Waals surface area contributed by atoms with E-state index in [1.165, 1.54) is 12.1 Å². The maximum Gasteiger partial charge on any atom is 0.242 e. The molecule has 1 aliphatic heterocycles. The van der Waals surface area contributed by atoms with Crippen molar-refractivity contribution in [2.24, 2.45) is 0 Å². The Bertz CT molecular complexity index is 1100. The van der Waals surface area contributed by atoms with Gasteiger partial charge in [-0.15, -0.1) is 0 Å². The molecule has 0 unspecified atom stereocenters. The van der Waals surface area contributed by atoms with Crippen molar-refractivity contribution in [3.63, 3.8) is 0 Å². The van der Waals surface area contributed by atoms with Crippen molar-refractivity contribution in [2.45, 2.75) is 6.54 Å². The van der Waals surface area contributed by atoms with E-state index in [0.29, 0.717) is 37.4 Å². The highest BCUT2D eigenvalue weighted by Crippen LogP contribution is 2.26. The third-order valence-corrected chi connectivity index (χ3v) is 5.06. The summed E-state index contributed by atoms with van der Waals surface area (Å²) >= 11 is 0. The number of carbonyl (C=O) groups is 1. The van der Waals surface area contributed by atoms with E-state index >= 15 is 0 Å². The van der Waals surface area contributed by atoms with Gasteiger partial charge < -0.3 is 14.2 Å². The first kappa shape index (κ1) is 18.9. The molecule has 5 nitrogen and oxygen atoms in total. The van der Waals surface area contributed by atoms with Gasteiger partial charge in [0.05, 0.1) is 24.9 Å². The van der Waals surface area contributed by atoms with Crippen molar-refractivity contribution in [3.8, 4) is 6.07 Å². The number of amides is 1. The van der Waals surface area contributed by atoms with Gasteiger partial charge in [-0.3, -0.25) is 4.79 Å². The molecule has 6 heteroatoms. The fourth-order valence-electron chi connectivity index (χ4n) is 3.54. The number of morpholine rings is 1. The van der Waals surface area contributed by atoms with Crippen molar-refractivity contribution >= 4 is 28.5 Å². The first-order valence-corrected chi connectivity index (χ1v) is 9.47. The van der Waals surface area contributed by atoms with Crippen LogP contribution in [0.25, 0.3) is 22.6 Å². The zero-order valence-corrected chi connectivity index (χ0v) is 15.8. The second-order valence-corrected chi connectivity index (χ2v) is 6.90. The van der Waals surface area contributed by atoms with Gasteiger partial charge in [-0.05, 0) is 29.8 Å². The van der Waals surface area contributed by atoms with Crippen LogP contribution in [0.5, 0.6) is 0 Å². The number of allylic oxidation sites excluding steroid dienone is 1. The largest absolute Gasteiger partial charge is 0.378 e. The Hall–Kier alpha value is -3.43. The van der Waals surface area contributed by atoms with Gasteiger partial charge in [0.25, 0.3) is 0 Å². The molecule has 3 aromatic rings. The molecule has 29 heavy (non-hydrogen) atoms. The van der Waals surface area contributed by atoms with Crippen molar-refractivity contribution in [3.05, 3.63) is 71.7 Å². The summed E-state index contributed by atoms with van der Waals surface area (Å²) in [6, 6.07) is 15.8. The topological polar surface area (TPSA) is 58.3 Å². The van der Waals surface area contributed by atoms with E-state index in [4.69, 9.17) is 4.74 Å². The summed E-state index contributed by atoms with van der Waals surface area (Å²) in [4.78, 5) is 14.5. The molecule has 1 saturated heterocycles. The second-order valence-electron chi connectivity index (χ2n) is 6.90. The Morgan fingerprint density at radius 3 is 2.59 bits per heavy atom. The highest BCUT2D eigenvalue weighted by molar-refractivity contribution is 5.98. The van der Waals surface area contributed by atoms with Crippen LogP contribution in [0.15, 0.2) is 54.7 Å². The lowest BCUT2D eigenvalue weighted by Gasteiger charge is -2.27. The lowest BCUT2D eigenvalue weighted by molar-refractivity contribution is -0.135. The molecule has 0 atom stereocenters. The van der Waals surface area contributed by atoms with Crippen molar-refractivity contribution in [1.82, 2.24) is 9.47 Å². The predicted octanol–water partition coefficient (Wildman–Crippen LogP) is 3.70. The van der Waals surface area contributed by atoms with E-state index in [0.717, 1.165) is 16.5 Å². The van der Waals surface area contributed by atoms with Crippen LogP contribution in [-0.2, 0) is 16.1 Å². The smallest absolute Gasteiger partial charge is 0.242 e. The average Bonchev–Trinajstić information content (AvgIpc) is 3.10. The number of fused-ring (bicyclic) bond motifs is 1. The number of aromatic nitrogens is 1. The molecule has 0 aliphatic carbocycles. The van der Waals surface area contributed by atoms with Gasteiger partial charge in [0.2, 0.25) is 5.91 Å². The Kier molecular flexibility index (Phi) is 5.41. The highest BCUT2D eigenvalue weighted by Gasteiger charge is 2.18. The summed E-state index contributed by atoms with van der Waals surface area (Å²) in [5, 5.41) is 10.6. The fourth-order valence-corrected chi connectivity index (χ4v) is 3.54. The van der Waals surface area contributed by atoms with Crippen LogP contribution in [0.2, 0.25) is 0 Å². The summed E-state index contributed by atoms with van der Waals surface area (Å²) in [6.07, 6.45) is 3.68. The Morgan fingerprint density at radius 2 is 1.86 bits per heavy atom. The van der Waals surface area contributed by atoms with E-state index in [9.17, 15) is 14.4 Å². The van der Waals surface area contributed by atoms with Crippen LogP contribution in [0, 0.1) is 17.1 Å². The molecule has 4 rings (SSSR count). The Labute approximate surface area is 168 Å². The first-order chi connectivity index (χ1) is 14.2. The predicted molar refractivity (Wildman–Crippen MR) is 109 cm³/mol. The normalized spacial score (nSPS) is 14.8. The van der Waals surface area contributed by atoms with E-state index in [1.54, 1.807) is 18.2 Å². The molecule has 0 N–H and O–H groups in total. The van der Waals surface area contributed by atoms with Crippen molar-refractivity contribution in [1.29, 1.82) is 5.26 Å². The number of ether oxygens (including phenoxy) is 1. The van der Waals surface area contributed by atoms with Gasteiger partial charge in [-0.1, -0.05) is 30.3 Å². The van der Waals surface area contributed by atoms with Crippen LogP contribution in [-0.4, -0.2) is 41.7 Å². The lowest BCUT2D eigenvalue weighted by atomic mass is 10.0. The zero-order chi connectivity index (χ0) is 20.2. The van der Waals surface area contributed by atoms with Crippen molar-refractivity contribution in [2.75, 3.05) is 26.3 Å². The Balaban J connectivity index is 1.69. The van der Waals surface area contributed by atoms with Gasteiger partial charge in [-0.2, -0.15) is 5.26 Å². The van der Waals surface area contributed by atoms with Gasteiger partial charge in [-0.25, -0.2) is 4.39 Å². The number of hydrogen-bond acceptors (Lipinski definition) is 3. The van der Waals surface area contributed by atoms with Crippen LogP contribution >= 0.6 is 0 Å². The minimum atomic E-state index is -0.343. The summed E-state index contributed by atoms with van der Waals surface area (Å²) in [5.41, 5.74) is 2.86. The fraction of sp³-hybridized carbons (Fsp3) is 0.217. The van der Waals surface area contributed by atoms with E-state index in [1.807, 2.05) is 39.9 Å². The average molecular weight is 389 g/mol. The number of para-hydroxylation sites is 1. The third kappa shape index (κ3) is 4.05. The number of halogens is 1. The number of carbonyl (C=O) groups excluding carboxylic acids is 1. The molecule has 1 aliphatic rings. The minimum Gasteiger partial charge on any atom is -0.378 e. The molecular formula is C23H20FN3O2. The van der Waals surface area contributed by atoms with Crippen LogP contribution in [0.3, 0.4) is 0 Å². The minimum absolute atomic E-state index is 0.0450. The van der Waals surface area contributed by atoms with Gasteiger partial charge in [0, 0.05) is 35.8 Å². The molecule has 146 valence electrons. The third-order valence-electron chi connectivity index (χ3n) is 5.06. The Morgan fingerprint density at radius 1 is 1.14 bits per heavy atom. The van der Waals surface area contributed by atoms with E-state index in [2.05, 4.69) is 6.07 Å². The number of hydrogen-bond donors (Lipinski definition) is 0. The molecule has 1 fully saturated rings. The van der Waals surface area contributed by atoms with E-state index < -0.39 is 0 Å². The van der Waals surface area contributed by atoms with E-state index in [-0.39, 0.29) is 18.3 Å². The maximum absolute atomic E-state index is 13.2. The molecule has 1 amide bonds. The van der Waals surface area contributed by atoms with Crippen LogP contribution in [0.1, 0.15) is 11.1 Å². The summed E-state index contributed by atoms with van der Waals surface area (Å²) in [7, 11) is 0. The molecule has 2 heterocycles. The SMILES string of the molecule is N#C/C(=C/c1cn(CC(=O)N2CCOCC2)c2ccccc12)c1ccc(F)cc1. The van der Waals surface area contributed by atoms with Crippen LogP contribution < -0.4 is 0 Å². The molecule has 0 bridgehead atoms. The standard InChI is InChI=1S/C23H20FN3O2/c24-20-7-5-17(6-8-20)18(14-25)13-19-15-27(22-4-2-1-3-21(19)22)16-23(28)26-9-11-29-12-10-26/h1-8,13,15H,9-12,16H2/b18-13-. The quantitative estimate of drug-likeness (QED) is 0.640. The number of benzene rings is 2. The molecular weight excluding hydrogens is 369 g/mol. The summed E-state index contributed by atoms with van der Waals surface area (Å²) in [5.74, 6) is -0.298. The monoisotopic (exact) mass is 389 g/mol. The second kappa shape index (κ2) is 8.29. The maximum atomic E-state index is 13.2. The summed E-state index contributed by atoms with van der Waals surface area (Å²) in [6.45, 7) is 2.57. The molecule has 0 spiro atoms. The van der Waals surface area contributed by atoms with Gasteiger partial charge >= 0.3 is 0 Å². The number of nitrogens with zero attached hydrogens (tertiary/aromatic N) is 3. The highest BCUT2D eigenvalue weighted by atomic mass is 19.1. The first-order valence-electron chi connectivity index (χ1n) is 9.47. The summed E-state index contributed by atoms with van der Waals surface area (Å²) < 4.78 is 20.5. The van der Waals surface area contributed by atoms with Crippen molar-refractivity contribution < 1.29 is 13.9 Å². The molecule has 2 aromatic carbocycles.